The van der Waals surface area contributed by atoms with Crippen molar-refractivity contribution < 1.29 is 9.53 Å². The summed E-state index contributed by atoms with van der Waals surface area (Å²) in [7, 11) is 1.63. The van der Waals surface area contributed by atoms with Crippen molar-refractivity contribution in [2.24, 2.45) is 0 Å². The van der Waals surface area contributed by atoms with E-state index in [4.69, 9.17) is 4.74 Å². The fourth-order valence-electron chi connectivity index (χ4n) is 2.29. The fourth-order valence-corrected chi connectivity index (χ4v) is 2.85. The van der Waals surface area contributed by atoms with E-state index in [1.54, 1.807) is 7.11 Å². The first-order chi connectivity index (χ1) is 10.4. The van der Waals surface area contributed by atoms with E-state index >= 15 is 0 Å². The second kappa shape index (κ2) is 6.97. The van der Waals surface area contributed by atoms with E-state index in [1.165, 1.54) is 0 Å². The molecule has 22 heavy (non-hydrogen) atoms. The van der Waals surface area contributed by atoms with Crippen molar-refractivity contribution in [3.05, 3.63) is 63.1 Å². The van der Waals surface area contributed by atoms with Crippen LogP contribution in [0.15, 0.2) is 40.9 Å². The Hall–Kier alpha value is -1.81. The van der Waals surface area contributed by atoms with Gasteiger partial charge in [0.15, 0.2) is 0 Å². The topological polar surface area (TPSA) is 38.3 Å². The average molecular weight is 362 g/mol. The van der Waals surface area contributed by atoms with Crippen LogP contribution < -0.4 is 10.1 Å². The molecule has 2 rings (SSSR count). The molecule has 3 nitrogen and oxygen atoms in total. The molecule has 1 N–H and O–H groups in total. The van der Waals surface area contributed by atoms with E-state index in [9.17, 15) is 4.79 Å². The zero-order chi connectivity index (χ0) is 16.3. The van der Waals surface area contributed by atoms with Gasteiger partial charge in [-0.3, -0.25) is 4.79 Å². The van der Waals surface area contributed by atoms with Crippen molar-refractivity contribution in [2.45, 2.75) is 26.8 Å². The molecule has 1 atom stereocenters. The van der Waals surface area contributed by atoms with Gasteiger partial charge in [0.1, 0.15) is 5.75 Å². The molecule has 0 aliphatic carbocycles. The van der Waals surface area contributed by atoms with Crippen LogP contribution in [-0.4, -0.2) is 13.0 Å². The summed E-state index contributed by atoms with van der Waals surface area (Å²) in [6.45, 7) is 5.90. The zero-order valence-corrected chi connectivity index (χ0v) is 14.8. The molecule has 0 saturated carbocycles. The molecule has 2 aromatic rings. The molecular weight excluding hydrogens is 342 g/mol. The molecule has 0 bridgehead atoms. The molecule has 116 valence electrons. The number of halogens is 1. The fraction of sp³-hybridized carbons (Fsp3) is 0.278. The summed E-state index contributed by atoms with van der Waals surface area (Å²) in [5.74, 6) is 0.720. The van der Waals surface area contributed by atoms with Gasteiger partial charge in [-0.2, -0.15) is 0 Å². The highest BCUT2D eigenvalue weighted by Crippen LogP contribution is 2.28. The van der Waals surface area contributed by atoms with Crippen LogP contribution in [0.2, 0.25) is 0 Å². The van der Waals surface area contributed by atoms with Gasteiger partial charge in [0, 0.05) is 5.56 Å². The Morgan fingerprint density at radius 3 is 2.55 bits per heavy atom. The molecule has 0 aromatic heterocycles. The Balaban J connectivity index is 2.17. The number of hydrogen-bond acceptors (Lipinski definition) is 2. The summed E-state index contributed by atoms with van der Waals surface area (Å²) in [5.41, 5.74) is 3.80. The highest BCUT2D eigenvalue weighted by molar-refractivity contribution is 9.10. The highest BCUT2D eigenvalue weighted by atomic mass is 79.9. The van der Waals surface area contributed by atoms with E-state index in [-0.39, 0.29) is 11.9 Å². The molecule has 0 fully saturated rings. The molecule has 0 radical (unpaired) electrons. The Kier molecular flexibility index (Phi) is 5.24. The van der Waals surface area contributed by atoms with Crippen molar-refractivity contribution >= 4 is 21.8 Å². The van der Waals surface area contributed by atoms with Crippen LogP contribution in [0.1, 0.15) is 40.0 Å². The van der Waals surface area contributed by atoms with Gasteiger partial charge < -0.3 is 10.1 Å². The van der Waals surface area contributed by atoms with Crippen LogP contribution in [-0.2, 0) is 0 Å². The second-order valence-electron chi connectivity index (χ2n) is 5.41. The number of aryl methyl sites for hydroxylation is 2. The zero-order valence-electron chi connectivity index (χ0n) is 13.2. The maximum Gasteiger partial charge on any atom is 0.252 e. The summed E-state index contributed by atoms with van der Waals surface area (Å²) in [4.78, 5) is 12.5. The highest BCUT2D eigenvalue weighted by Gasteiger charge is 2.14. The standard InChI is InChI=1S/C18H20BrNO2/c1-11-5-6-12(2)15(9-11)18(21)20-13(3)14-7-8-17(22-4)16(19)10-14/h5-10,13H,1-4H3,(H,20,21). The van der Waals surface area contributed by atoms with E-state index in [0.717, 1.165) is 32.5 Å². The minimum absolute atomic E-state index is 0.0550. The molecule has 0 saturated heterocycles. The Morgan fingerprint density at radius 1 is 1.18 bits per heavy atom. The van der Waals surface area contributed by atoms with Gasteiger partial charge >= 0.3 is 0 Å². The van der Waals surface area contributed by atoms with Gasteiger partial charge in [-0.1, -0.05) is 23.8 Å². The van der Waals surface area contributed by atoms with Crippen molar-refractivity contribution in [2.75, 3.05) is 7.11 Å². The molecular formula is C18H20BrNO2. The van der Waals surface area contributed by atoms with Gasteiger partial charge in [-0.05, 0) is 66.0 Å². The lowest BCUT2D eigenvalue weighted by Gasteiger charge is -2.17. The quantitative estimate of drug-likeness (QED) is 0.866. The molecule has 0 aliphatic rings. The third kappa shape index (κ3) is 3.69. The number of benzene rings is 2. The number of methoxy groups -OCH3 is 1. The van der Waals surface area contributed by atoms with Gasteiger partial charge in [-0.25, -0.2) is 0 Å². The number of ether oxygens (including phenoxy) is 1. The normalized spacial score (nSPS) is 11.9. The predicted octanol–water partition coefficient (Wildman–Crippen LogP) is 4.57. The Bertz CT molecular complexity index is 697. The molecule has 0 spiro atoms. The molecule has 2 aromatic carbocycles. The van der Waals surface area contributed by atoms with E-state index < -0.39 is 0 Å². The SMILES string of the molecule is COc1ccc(C(C)NC(=O)c2cc(C)ccc2C)cc1Br. The smallest absolute Gasteiger partial charge is 0.252 e. The lowest BCUT2D eigenvalue weighted by Crippen LogP contribution is -2.27. The number of hydrogen-bond donors (Lipinski definition) is 1. The first kappa shape index (κ1) is 16.6. The monoisotopic (exact) mass is 361 g/mol. The number of rotatable bonds is 4. The largest absolute Gasteiger partial charge is 0.496 e. The van der Waals surface area contributed by atoms with Gasteiger partial charge in [0.05, 0.1) is 17.6 Å². The summed E-state index contributed by atoms with van der Waals surface area (Å²) in [5, 5.41) is 3.04. The van der Waals surface area contributed by atoms with Gasteiger partial charge in [-0.15, -0.1) is 0 Å². The van der Waals surface area contributed by atoms with E-state index in [1.807, 2.05) is 57.2 Å². The van der Waals surface area contributed by atoms with Crippen LogP contribution >= 0.6 is 15.9 Å². The van der Waals surface area contributed by atoms with Gasteiger partial charge in [0.25, 0.3) is 5.91 Å². The Morgan fingerprint density at radius 2 is 1.91 bits per heavy atom. The average Bonchev–Trinajstić information content (AvgIpc) is 2.49. The summed E-state index contributed by atoms with van der Waals surface area (Å²) in [6.07, 6.45) is 0. The summed E-state index contributed by atoms with van der Waals surface area (Å²) >= 11 is 3.47. The van der Waals surface area contributed by atoms with Crippen LogP contribution in [0.5, 0.6) is 5.75 Å². The summed E-state index contributed by atoms with van der Waals surface area (Å²) in [6, 6.07) is 11.6. The summed E-state index contributed by atoms with van der Waals surface area (Å²) < 4.78 is 6.10. The minimum atomic E-state index is -0.0883. The minimum Gasteiger partial charge on any atom is -0.496 e. The lowest BCUT2D eigenvalue weighted by atomic mass is 10.0. The van der Waals surface area contributed by atoms with Crippen molar-refractivity contribution in [3.8, 4) is 5.75 Å². The number of amides is 1. The van der Waals surface area contributed by atoms with E-state index in [2.05, 4.69) is 21.2 Å². The van der Waals surface area contributed by atoms with Crippen molar-refractivity contribution in [1.29, 1.82) is 0 Å². The number of carbonyl (C=O) groups is 1. The molecule has 0 aliphatic heterocycles. The van der Waals surface area contributed by atoms with Crippen LogP contribution in [0.4, 0.5) is 0 Å². The molecule has 1 amide bonds. The third-order valence-electron chi connectivity index (χ3n) is 3.66. The van der Waals surface area contributed by atoms with Crippen LogP contribution in [0, 0.1) is 13.8 Å². The molecule has 4 heteroatoms. The number of nitrogens with one attached hydrogen (secondary N) is 1. The first-order valence-electron chi connectivity index (χ1n) is 7.14. The first-order valence-corrected chi connectivity index (χ1v) is 7.93. The van der Waals surface area contributed by atoms with Crippen molar-refractivity contribution in [1.82, 2.24) is 5.32 Å². The second-order valence-corrected chi connectivity index (χ2v) is 6.26. The molecule has 0 heterocycles. The van der Waals surface area contributed by atoms with Gasteiger partial charge in [0.2, 0.25) is 0 Å². The van der Waals surface area contributed by atoms with Crippen LogP contribution in [0.3, 0.4) is 0 Å². The molecule has 1 unspecified atom stereocenters. The predicted molar refractivity (Wildman–Crippen MR) is 92.5 cm³/mol. The van der Waals surface area contributed by atoms with Crippen molar-refractivity contribution in [3.63, 3.8) is 0 Å². The Labute approximate surface area is 139 Å². The maximum absolute atomic E-state index is 12.5. The number of carbonyl (C=O) groups excluding carboxylic acids is 1. The van der Waals surface area contributed by atoms with E-state index in [0.29, 0.717) is 0 Å². The lowest BCUT2D eigenvalue weighted by molar-refractivity contribution is 0.0939. The van der Waals surface area contributed by atoms with Crippen LogP contribution in [0.25, 0.3) is 0 Å². The third-order valence-corrected chi connectivity index (χ3v) is 4.28. The maximum atomic E-state index is 12.5.